The Labute approximate surface area is 168 Å². The van der Waals surface area contributed by atoms with Gasteiger partial charge < -0.3 is 15.5 Å². The van der Waals surface area contributed by atoms with E-state index in [1.54, 1.807) is 0 Å². The number of hydrogen-bond acceptors (Lipinski definition) is 6. The second-order valence-electron chi connectivity index (χ2n) is 7.72. The minimum absolute atomic E-state index is 0.0984. The highest BCUT2D eigenvalue weighted by Crippen LogP contribution is 2.39. The Morgan fingerprint density at radius 3 is 2.59 bits per heavy atom. The summed E-state index contributed by atoms with van der Waals surface area (Å²) in [7, 11) is 0. The molecule has 8 heteroatoms. The number of benzene rings is 1. The van der Waals surface area contributed by atoms with Crippen LogP contribution in [0.25, 0.3) is 0 Å². The molecule has 1 aromatic carbocycles. The molecule has 1 aliphatic heterocycles. The van der Waals surface area contributed by atoms with E-state index < -0.39 is 5.82 Å². The Hall–Kier alpha value is -3.16. The summed E-state index contributed by atoms with van der Waals surface area (Å²) in [6.45, 7) is 2.22. The predicted octanol–water partition coefficient (Wildman–Crippen LogP) is 4.69. The standard InChI is InChI=1S/C21H24FN7/c22-17-13-23-21(26-20(17)25-19-12-18(27-28-19)14-4-5-14)24-15-6-8-16(9-7-15)29-10-2-1-3-11-29/h6-9,12-14H,1-5,10-11H2,(H3,23,24,25,26,27,28). The Bertz CT molecular complexity index is 975. The molecule has 2 fully saturated rings. The van der Waals surface area contributed by atoms with E-state index in [1.165, 1.54) is 37.8 Å². The molecule has 3 aromatic rings. The molecule has 3 N–H and O–H groups in total. The van der Waals surface area contributed by atoms with Gasteiger partial charge in [0, 0.05) is 42.1 Å². The maximum absolute atomic E-state index is 14.2. The number of piperidine rings is 1. The third kappa shape index (κ3) is 4.16. The number of anilines is 5. The smallest absolute Gasteiger partial charge is 0.229 e. The first-order valence-corrected chi connectivity index (χ1v) is 10.2. The quantitative estimate of drug-likeness (QED) is 0.563. The molecule has 29 heavy (non-hydrogen) atoms. The van der Waals surface area contributed by atoms with Gasteiger partial charge in [-0.15, -0.1) is 0 Å². The number of nitrogens with zero attached hydrogens (tertiary/aromatic N) is 4. The van der Waals surface area contributed by atoms with E-state index in [2.05, 4.69) is 47.8 Å². The summed E-state index contributed by atoms with van der Waals surface area (Å²) < 4.78 is 14.2. The van der Waals surface area contributed by atoms with Crippen LogP contribution in [0.15, 0.2) is 36.5 Å². The average molecular weight is 393 g/mol. The van der Waals surface area contributed by atoms with Crippen LogP contribution in [0.2, 0.25) is 0 Å². The SMILES string of the molecule is Fc1cnc(Nc2ccc(N3CCCCC3)cc2)nc1Nc1cc(C2CC2)[nH]n1. The minimum atomic E-state index is -0.521. The van der Waals surface area contributed by atoms with Crippen LogP contribution < -0.4 is 15.5 Å². The van der Waals surface area contributed by atoms with Crippen LogP contribution in [0.3, 0.4) is 0 Å². The molecule has 7 nitrogen and oxygen atoms in total. The first kappa shape index (κ1) is 17.9. The Balaban J connectivity index is 1.27. The zero-order valence-corrected chi connectivity index (χ0v) is 16.2. The van der Waals surface area contributed by atoms with E-state index in [0.717, 1.165) is 30.7 Å². The van der Waals surface area contributed by atoms with Crippen LogP contribution in [-0.2, 0) is 0 Å². The van der Waals surface area contributed by atoms with Crippen molar-refractivity contribution in [2.45, 2.75) is 38.0 Å². The molecule has 0 bridgehead atoms. The molecule has 2 aliphatic rings. The Kier molecular flexibility index (Phi) is 4.75. The first-order chi connectivity index (χ1) is 14.2. The summed E-state index contributed by atoms with van der Waals surface area (Å²) in [5, 5.41) is 13.3. The molecule has 3 heterocycles. The van der Waals surface area contributed by atoms with Crippen LogP contribution in [0.1, 0.15) is 43.7 Å². The largest absolute Gasteiger partial charge is 0.372 e. The van der Waals surface area contributed by atoms with Gasteiger partial charge in [-0.2, -0.15) is 10.1 Å². The van der Waals surface area contributed by atoms with Crippen LogP contribution >= 0.6 is 0 Å². The summed E-state index contributed by atoms with van der Waals surface area (Å²) in [4.78, 5) is 10.7. The summed E-state index contributed by atoms with van der Waals surface area (Å²) in [5.41, 5.74) is 3.16. The second-order valence-corrected chi connectivity index (χ2v) is 7.72. The normalized spacial score (nSPS) is 16.7. The second kappa shape index (κ2) is 7.69. The van der Waals surface area contributed by atoms with E-state index >= 15 is 0 Å². The fourth-order valence-corrected chi connectivity index (χ4v) is 3.68. The van der Waals surface area contributed by atoms with E-state index in [-0.39, 0.29) is 5.82 Å². The van der Waals surface area contributed by atoms with Gasteiger partial charge in [-0.05, 0) is 56.4 Å². The highest BCUT2D eigenvalue weighted by atomic mass is 19.1. The summed E-state index contributed by atoms with van der Waals surface area (Å²) in [5.74, 6) is 1.02. The molecule has 0 radical (unpaired) electrons. The lowest BCUT2D eigenvalue weighted by Gasteiger charge is -2.28. The van der Waals surface area contributed by atoms with Crippen molar-refractivity contribution in [3.8, 4) is 0 Å². The maximum Gasteiger partial charge on any atom is 0.229 e. The van der Waals surface area contributed by atoms with Gasteiger partial charge in [0.2, 0.25) is 5.95 Å². The van der Waals surface area contributed by atoms with Crippen molar-refractivity contribution >= 4 is 29.0 Å². The van der Waals surface area contributed by atoms with Crippen LogP contribution in [0.4, 0.5) is 33.3 Å². The minimum Gasteiger partial charge on any atom is -0.372 e. The lowest BCUT2D eigenvalue weighted by Crippen LogP contribution is -2.29. The number of rotatable bonds is 6. The number of aromatic nitrogens is 4. The first-order valence-electron chi connectivity index (χ1n) is 10.2. The summed E-state index contributed by atoms with van der Waals surface area (Å²) in [6.07, 6.45) is 7.32. The highest BCUT2D eigenvalue weighted by molar-refractivity contribution is 5.61. The van der Waals surface area contributed by atoms with Gasteiger partial charge in [-0.3, -0.25) is 5.10 Å². The van der Waals surface area contributed by atoms with E-state index in [0.29, 0.717) is 17.7 Å². The van der Waals surface area contributed by atoms with Gasteiger partial charge in [0.15, 0.2) is 17.5 Å². The zero-order valence-electron chi connectivity index (χ0n) is 16.2. The number of nitrogens with one attached hydrogen (secondary N) is 3. The van der Waals surface area contributed by atoms with Crippen molar-refractivity contribution in [3.63, 3.8) is 0 Å². The van der Waals surface area contributed by atoms with Crippen molar-refractivity contribution in [2.75, 3.05) is 28.6 Å². The molecular formula is C21H24FN7. The van der Waals surface area contributed by atoms with Crippen molar-refractivity contribution in [1.82, 2.24) is 20.2 Å². The number of hydrogen-bond donors (Lipinski definition) is 3. The lowest BCUT2D eigenvalue weighted by molar-refractivity contribution is 0.578. The van der Waals surface area contributed by atoms with Crippen molar-refractivity contribution in [1.29, 1.82) is 0 Å². The molecule has 1 saturated carbocycles. The Morgan fingerprint density at radius 1 is 1.03 bits per heavy atom. The van der Waals surface area contributed by atoms with Gasteiger partial charge in [0.25, 0.3) is 0 Å². The van der Waals surface area contributed by atoms with E-state index in [1.807, 2.05) is 18.2 Å². The van der Waals surface area contributed by atoms with Crippen molar-refractivity contribution < 1.29 is 4.39 Å². The number of H-pyrrole nitrogens is 1. The molecule has 150 valence electrons. The summed E-state index contributed by atoms with van der Waals surface area (Å²) in [6, 6.07) is 10.1. The topological polar surface area (TPSA) is 81.8 Å². The van der Waals surface area contributed by atoms with Crippen LogP contribution in [0.5, 0.6) is 0 Å². The van der Waals surface area contributed by atoms with Gasteiger partial charge in [0.05, 0.1) is 6.20 Å². The van der Waals surface area contributed by atoms with E-state index in [4.69, 9.17) is 0 Å². The maximum atomic E-state index is 14.2. The van der Waals surface area contributed by atoms with Crippen LogP contribution in [-0.4, -0.2) is 33.3 Å². The third-order valence-electron chi connectivity index (χ3n) is 5.45. The zero-order chi connectivity index (χ0) is 19.6. The molecule has 1 aliphatic carbocycles. The van der Waals surface area contributed by atoms with Gasteiger partial charge in [-0.25, -0.2) is 9.37 Å². The molecular weight excluding hydrogens is 369 g/mol. The van der Waals surface area contributed by atoms with E-state index in [9.17, 15) is 4.39 Å². The fraction of sp³-hybridized carbons (Fsp3) is 0.381. The number of aromatic amines is 1. The third-order valence-corrected chi connectivity index (χ3v) is 5.45. The molecule has 1 saturated heterocycles. The molecule has 0 spiro atoms. The summed E-state index contributed by atoms with van der Waals surface area (Å²) >= 11 is 0. The number of halogens is 1. The molecule has 5 rings (SSSR count). The van der Waals surface area contributed by atoms with Crippen LogP contribution in [0, 0.1) is 5.82 Å². The fourth-order valence-electron chi connectivity index (χ4n) is 3.68. The van der Waals surface area contributed by atoms with Crippen molar-refractivity contribution in [3.05, 3.63) is 48.0 Å². The highest BCUT2D eigenvalue weighted by Gasteiger charge is 2.25. The predicted molar refractivity (Wildman–Crippen MR) is 112 cm³/mol. The molecule has 0 amide bonds. The average Bonchev–Trinajstić information content (AvgIpc) is 3.51. The van der Waals surface area contributed by atoms with Gasteiger partial charge in [-0.1, -0.05) is 0 Å². The lowest BCUT2D eigenvalue weighted by atomic mass is 10.1. The monoisotopic (exact) mass is 393 g/mol. The molecule has 2 aromatic heterocycles. The van der Waals surface area contributed by atoms with Crippen molar-refractivity contribution in [2.24, 2.45) is 0 Å². The Morgan fingerprint density at radius 2 is 1.83 bits per heavy atom. The van der Waals surface area contributed by atoms with Gasteiger partial charge in [0.1, 0.15) is 0 Å². The molecule has 0 atom stereocenters. The van der Waals surface area contributed by atoms with Gasteiger partial charge >= 0.3 is 0 Å². The molecule has 0 unspecified atom stereocenters.